The lowest BCUT2D eigenvalue weighted by Gasteiger charge is -2.30. The van der Waals surface area contributed by atoms with Crippen LogP contribution < -0.4 is 0 Å². The van der Waals surface area contributed by atoms with Crippen molar-refractivity contribution in [3.63, 3.8) is 0 Å². The minimum atomic E-state index is -0.552. The van der Waals surface area contributed by atoms with Gasteiger partial charge in [-0.1, -0.05) is 30.3 Å². The quantitative estimate of drug-likeness (QED) is 0.763. The third-order valence-electron chi connectivity index (χ3n) is 5.11. The van der Waals surface area contributed by atoms with Gasteiger partial charge in [-0.15, -0.1) is 11.8 Å². The average Bonchev–Trinajstić information content (AvgIpc) is 2.98. The van der Waals surface area contributed by atoms with E-state index in [-0.39, 0.29) is 12.0 Å². The number of carbonyl (C=O) groups is 2. The molecule has 1 unspecified atom stereocenters. The van der Waals surface area contributed by atoms with Gasteiger partial charge in [0.15, 0.2) is 0 Å². The number of benzene rings is 1. The zero-order valence-electron chi connectivity index (χ0n) is 16.5. The van der Waals surface area contributed by atoms with E-state index in [0.717, 1.165) is 32.4 Å². The SMILES string of the molecule is CC(C)(C)OC(=O)N1CSC[C@@H]1C(=O)N1CCCC(c2ccccc2)CC1. The minimum Gasteiger partial charge on any atom is -0.444 e. The lowest BCUT2D eigenvalue weighted by Crippen LogP contribution is -2.50. The van der Waals surface area contributed by atoms with Crippen LogP contribution >= 0.6 is 11.8 Å². The third kappa shape index (κ3) is 5.18. The lowest BCUT2D eigenvalue weighted by atomic mass is 9.92. The van der Waals surface area contributed by atoms with Crippen LogP contribution in [0.3, 0.4) is 0 Å². The summed E-state index contributed by atoms with van der Waals surface area (Å²) in [6.45, 7) is 7.07. The number of carbonyl (C=O) groups excluding carboxylic acids is 2. The largest absolute Gasteiger partial charge is 0.444 e. The first kappa shape index (κ1) is 20.1. The fraction of sp³-hybridized carbons (Fsp3) is 0.619. The molecule has 2 amide bonds. The predicted molar refractivity (Wildman–Crippen MR) is 109 cm³/mol. The number of hydrogen-bond donors (Lipinski definition) is 0. The highest BCUT2D eigenvalue weighted by Crippen LogP contribution is 2.30. The topological polar surface area (TPSA) is 49.9 Å². The van der Waals surface area contributed by atoms with Crippen LogP contribution in [0.15, 0.2) is 30.3 Å². The van der Waals surface area contributed by atoms with Crippen molar-refractivity contribution in [3.8, 4) is 0 Å². The molecule has 0 saturated carbocycles. The summed E-state index contributed by atoms with van der Waals surface area (Å²) < 4.78 is 5.49. The zero-order chi connectivity index (χ0) is 19.4. The maximum atomic E-state index is 13.1. The van der Waals surface area contributed by atoms with E-state index < -0.39 is 11.6 Å². The Labute approximate surface area is 166 Å². The van der Waals surface area contributed by atoms with Gasteiger partial charge < -0.3 is 9.64 Å². The van der Waals surface area contributed by atoms with Crippen LogP contribution in [-0.4, -0.2) is 58.2 Å². The summed E-state index contributed by atoms with van der Waals surface area (Å²) in [5.74, 6) is 1.74. The standard InChI is InChI=1S/C21H30N2O3S/c1-21(2,3)26-20(25)23-15-27-14-18(23)19(24)22-12-7-10-17(11-13-22)16-8-5-4-6-9-16/h4-6,8-9,17-18H,7,10-15H2,1-3H3/t17?,18-/m1/s1. The molecule has 148 valence electrons. The summed E-state index contributed by atoms with van der Waals surface area (Å²) in [4.78, 5) is 29.2. The van der Waals surface area contributed by atoms with Crippen molar-refractivity contribution in [1.29, 1.82) is 0 Å². The van der Waals surface area contributed by atoms with E-state index in [0.29, 0.717) is 17.5 Å². The number of rotatable bonds is 2. The second-order valence-electron chi connectivity index (χ2n) is 8.33. The molecule has 0 bridgehead atoms. The molecule has 2 fully saturated rings. The summed E-state index contributed by atoms with van der Waals surface area (Å²) >= 11 is 1.62. The predicted octanol–water partition coefficient (Wildman–Crippen LogP) is 4.09. The van der Waals surface area contributed by atoms with E-state index in [1.165, 1.54) is 5.56 Å². The monoisotopic (exact) mass is 390 g/mol. The lowest BCUT2D eigenvalue weighted by molar-refractivity contribution is -0.135. The number of hydrogen-bond acceptors (Lipinski definition) is 4. The number of likely N-dealkylation sites (tertiary alicyclic amines) is 1. The Morgan fingerprint density at radius 1 is 1.11 bits per heavy atom. The Morgan fingerprint density at radius 3 is 2.56 bits per heavy atom. The Bertz CT molecular complexity index is 659. The number of amides is 2. The van der Waals surface area contributed by atoms with Crippen molar-refractivity contribution in [2.24, 2.45) is 0 Å². The van der Waals surface area contributed by atoms with E-state index in [1.54, 1.807) is 16.7 Å². The van der Waals surface area contributed by atoms with Crippen molar-refractivity contribution in [2.45, 2.75) is 57.6 Å². The fourth-order valence-corrected chi connectivity index (χ4v) is 4.87. The van der Waals surface area contributed by atoms with Crippen LogP contribution in [0.4, 0.5) is 4.79 Å². The van der Waals surface area contributed by atoms with E-state index in [2.05, 4.69) is 24.3 Å². The van der Waals surface area contributed by atoms with E-state index in [1.807, 2.05) is 31.7 Å². The molecule has 2 aliphatic heterocycles. The van der Waals surface area contributed by atoms with E-state index in [9.17, 15) is 9.59 Å². The molecule has 2 atom stereocenters. The molecular formula is C21H30N2O3S. The first-order chi connectivity index (χ1) is 12.8. The molecule has 0 aromatic heterocycles. The smallest absolute Gasteiger partial charge is 0.411 e. The van der Waals surface area contributed by atoms with Gasteiger partial charge in [-0.2, -0.15) is 0 Å². The molecule has 1 aromatic carbocycles. The van der Waals surface area contributed by atoms with Crippen LogP contribution in [0.25, 0.3) is 0 Å². The average molecular weight is 391 g/mol. The van der Waals surface area contributed by atoms with Gasteiger partial charge in [0.05, 0.1) is 5.88 Å². The summed E-state index contributed by atoms with van der Waals surface area (Å²) in [5, 5.41) is 0. The maximum absolute atomic E-state index is 13.1. The molecule has 0 aliphatic carbocycles. The Hall–Kier alpha value is -1.69. The van der Waals surface area contributed by atoms with Gasteiger partial charge >= 0.3 is 6.09 Å². The highest BCUT2D eigenvalue weighted by atomic mass is 32.2. The molecule has 1 aromatic rings. The molecule has 0 radical (unpaired) electrons. The van der Waals surface area contributed by atoms with Gasteiger partial charge in [0, 0.05) is 18.8 Å². The molecule has 2 saturated heterocycles. The second kappa shape index (κ2) is 8.55. The van der Waals surface area contributed by atoms with Gasteiger partial charge in [-0.3, -0.25) is 9.69 Å². The highest BCUT2D eigenvalue weighted by Gasteiger charge is 2.39. The molecule has 3 rings (SSSR count). The Kier molecular flexibility index (Phi) is 6.35. The third-order valence-corrected chi connectivity index (χ3v) is 6.12. The molecule has 2 heterocycles. The van der Waals surface area contributed by atoms with Crippen LogP contribution in [0.1, 0.15) is 51.5 Å². The van der Waals surface area contributed by atoms with Crippen molar-refractivity contribution in [1.82, 2.24) is 9.80 Å². The Morgan fingerprint density at radius 2 is 1.85 bits per heavy atom. The van der Waals surface area contributed by atoms with Crippen LogP contribution in [-0.2, 0) is 9.53 Å². The number of ether oxygens (including phenoxy) is 1. The zero-order valence-corrected chi connectivity index (χ0v) is 17.3. The van der Waals surface area contributed by atoms with Gasteiger partial charge in [-0.05, 0) is 51.5 Å². The second-order valence-corrected chi connectivity index (χ2v) is 9.33. The van der Waals surface area contributed by atoms with Gasteiger partial charge in [0.2, 0.25) is 5.91 Å². The fourth-order valence-electron chi connectivity index (χ4n) is 3.73. The maximum Gasteiger partial charge on any atom is 0.411 e. The summed E-state index contributed by atoms with van der Waals surface area (Å²) in [5.41, 5.74) is 0.808. The van der Waals surface area contributed by atoms with Crippen LogP contribution in [0.2, 0.25) is 0 Å². The van der Waals surface area contributed by atoms with Crippen molar-refractivity contribution >= 4 is 23.8 Å². The van der Waals surface area contributed by atoms with E-state index in [4.69, 9.17) is 4.74 Å². The Balaban J connectivity index is 1.62. The first-order valence-electron chi connectivity index (χ1n) is 9.76. The molecular weight excluding hydrogens is 360 g/mol. The molecule has 27 heavy (non-hydrogen) atoms. The van der Waals surface area contributed by atoms with Crippen molar-refractivity contribution in [3.05, 3.63) is 35.9 Å². The van der Waals surface area contributed by atoms with Gasteiger partial charge in [0.1, 0.15) is 11.6 Å². The molecule has 5 nitrogen and oxygen atoms in total. The summed E-state index contributed by atoms with van der Waals surface area (Å²) in [6.07, 6.45) is 2.69. The van der Waals surface area contributed by atoms with Gasteiger partial charge in [0.25, 0.3) is 0 Å². The number of thioether (sulfide) groups is 1. The normalized spacial score (nSPS) is 23.8. The molecule has 2 aliphatic rings. The molecule has 0 spiro atoms. The molecule has 0 N–H and O–H groups in total. The highest BCUT2D eigenvalue weighted by molar-refractivity contribution is 7.99. The van der Waals surface area contributed by atoms with Crippen LogP contribution in [0.5, 0.6) is 0 Å². The number of nitrogens with zero attached hydrogens (tertiary/aromatic N) is 2. The summed E-state index contributed by atoms with van der Waals surface area (Å²) in [6, 6.07) is 10.2. The van der Waals surface area contributed by atoms with Crippen LogP contribution in [0, 0.1) is 0 Å². The minimum absolute atomic E-state index is 0.0690. The summed E-state index contributed by atoms with van der Waals surface area (Å²) in [7, 11) is 0. The van der Waals surface area contributed by atoms with Crippen molar-refractivity contribution < 1.29 is 14.3 Å². The van der Waals surface area contributed by atoms with E-state index >= 15 is 0 Å². The first-order valence-corrected chi connectivity index (χ1v) is 10.9. The molecule has 6 heteroatoms. The van der Waals surface area contributed by atoms with Gasteiger partial charge in [-0.25, -0.2) is 4.79 Å². The van der Waals surface area contributed by atoms with Crippen molar-refractivity contribution in [2.75, 3.05) is 24.7 Å².